The molecule has 0 radical (unpaired) electrons. The molecule has 18 heavy (non-hydrogen) atoms. The first-order valence-corrected chi connectivity index (χ1v) is 5.49. The lowest BCUT2D eigenvalue weighted by Crippen LogP contribution is -2.42. The summed E-state index contributed by atoms with van der Waals surface area (Å²) >= 11 is 0. The number of nitrogens with two attached hydrogens (primary N) is 1. The van der Waals surface area contributed by atoms with Crippen molar-refractivity contribution in [3.63, 3.8) is 0 Å². The molecule has 0 amide bonds. The largest absolute Gasteiger partial charge is 0.396 e. The van der Waals surface area contributed by atoms with Crippen LogP contribution in [0.15, 0.2) is 34.6 Å². The maximum absolute atomic E-state index is 10.0. The summed E-state index contributed by atoms with van der Waals surface area (Å²) in [6.45, 7) is 7.20. The Balaban J connectivity index is 2.27. The van der Waals surface area contributed by atoms with E-state index in [1.165, 1.54) is 11.2 Å². The lowest BCUT2D eigenvalue weighted by Gasteiger charge is -2.30. The molecule has 0 spiro atoms. The Morgan fingerprint density at radius 2 is 2.00 bits per heavy atom. The third-order valence-electron chi connectivity index (χ3n) is 3.24. The van der Waals surface area contributed by atoms with Gasteiger partial charge in [0, 0.05) is 5.92 Å². The fraction of sp³-hybridized carbons (Fsp3) is 0.455. The third-order valence-corrected chi connectivity index (χ3v) is 3.24. The van der Waals surface area contributed by atoms with Gasteiger partial charge in [0.15, 0.2) is 0 Å². The minimum Gasteiger partial charge on any atom is -0.396 e. The second kappa shape index (κ2) is 4.52. The predicted molar refractivity (Wildman–Crippen MR) is 66.6 cm³/mol. The van der Waals surface area contributed by atoms with Crippen LogP contribution in [0.4, 0.5) is 0 Å². The highest BCUT2D eigenvalue weighted by atomic mass is 16.3. The number of hydrazone groups is 1. The van der Waals surface area contributed by atoms with E-state index in [9.17, 15) is 15.3 Å². The Kier molecular flexibility index (Phi) is 3.20. The second-order valence-electron chi connectivity index (χ2n) is 4.33. The van der Waals surface area contributed by atoms with Gasteiger partial charge in [0.1, 0.15) is 23.8 Å². The monoisotopic (exact) mass is 252 g/mol. The van der Waals surface area contributed by atoms with Crippen molar-refractivity contribution in [2.75, 3.05) is 6.61 Å². The number of aliphatic hydroxyl groups excluding tert-OH is 3. The molecule has 2 aliphatic rings. The zero-order valence-corrected chi connectivity index (χ0v) is 9.77. The van der Waals surface area contributed by atoms with Crippen molar-refractivity contribution in [2.45, 2.75) is 18.2 Å². The first-order chi connectivity index (χ1) is 8.47. The summed E-state index contributed by atoms with van der Waals surface area (Å²) in [4.78, 5) is 3.93. The fourth-order valence-electron chi connectivity index (χ4n) is 2.26. The van der Waals surface area contributed by atoms with Crippen LogP contribution in [-0.4, -0.2) is 57.2 Å². The molecule has 7 nitrogen and oxygen atoms in total. The molecule has 1 aliphatic heterocycles. The number of amidine groups is 1. The van der Waals surface area contributed by atoms with Crippen molar-refractivity contribution < 1.29 is 15.3 Å². The van der Waals surface area contributed by atoms with Crippen LogP contribution in [0.2, 0.25) is 0 Å². The second-order valence-corrected chi connectivity index (χ2v) is 4.33. The topological polar surface area (TPSA) is 115 Å². The van der Waals surface area contributed by atoms with Gasteiger partial charge in [-0.25, -0.2) is 10.0 Å². The summed E-state index contributed by atoms with van der Waals surface area (Å²) in [5.74, 6) is -0.115. The molecule has 1 fully saturated rings. The average molecular weight is 252 g/mol. The Morgan fingerprint density at radius 1 is 1.33 bits per heavy atom. The van der Waals surface area contributed by atoms with E-state index in [-0.39, 0.29) is 18.3 Å². The lowest BCUT2D eigenvalue weighted by molar-refractivity contribution is -0.0129. The molecule has 2 rings (SSSR count). The molecule has 1 saturated carbocycles. The van der Waals surface area contributed by atoms with Crippen molar-refractivity contribution in [3.05, 3.63) is 24.6 Å². The van der Waals surface area contributed by atoms with Gasteiger partial charge in [-0.3, -0.25) is 0 Å². The van der Waals surface area contributed by atoms with Crippen LogP contribution in [0.3, 0.4) is 0 Å². The van der Waals surface area contributed by atoms with Crippen LogP contribution in [0.5, 0.6) is 0 Å². The van der Waals surface area contributed by atoms with Crippen molar-refractivity contribution in [3.8, 4) is 0 Å². The third kappa shape index (κ3) is 1.82. The van der Waals surface area contributed by atoms with Crippen molar-refractivity contribution >= 4 is 12.1 Å². The molecule has 0 aromatic rings. The Labute approximate surface area is 104 Å². The Hall–Kier alpha value is -1.70. The van der Waals surface area contributed by atoms with E-state index >= 15 is 0 Å². The van der Waals surface area contributed by atoms with Gasteiger partial charge in [0.25, 0.3) is 0 Å². The summed E-state index contributed by atoms with van der Waals surface area (Å²) in [5.41, 5.74) is 5.97. The molecule has 1 unspecified atom stereocenters. The van der Waals surface area contributed by atoms with Crippen LogP contribution in [-0.2, 0) is 0 Å². The first-order valence-electron chi connectivity index (χ1n) is 5.49. The molecule has 0 aromatic carbocycles. The van der Waals surface area contributed by atoms with Gasteiger partial charge >= 0.3 is 0 Å². The highest BCUT2D eigenvalue weighted by molar-refractivity contribution is 6.29. The molecule has 4 atom stereocenters. The lowest BCUT2D eigenvalue weighted by atomic mass is 10.0. The van der Waals surface area contributed by atoms with Crippen molar-refractivity contribution in [2.24, 2.45) is 21.7 Å². The minimum atomic E-state index is -1.11. The van der Waals surface area contributed by atoms with Crippen LogP contribution in [0.1, 0.15) is 0 Å². The number of aliphatic imine (C=N–C) groups is 1. The summed E-state index contributed by atoms with van der Waals surface area (Å²) in [6.07, 6.45) is -0.871. The normalized spacial score (nSPS) is 36.2. The Morgan fingerprint density at radius 3 is 2.50 bits per heavy atom. The summed E-state index contributed by atoms with van der Waals surface area (Å²) in [5, 5.41) is 34.4. The molecule has 0 saturated heterocycles. The van der Waals surface area contributed by atoms with Crippen molar-refractivity contribution in [1.29, 1.82) is 0 Å². The van der Waals surface area contributed by atoms with Gasteiger partial charge < -0.3 is 21.1 Å². The standard InChI is InChI=1S/C11H16N4O3/c1-5-7(4-16)10(17)11(18)9(5)15-6(2)14-8(12)3-13-15/h3,7,9-11,16-18H,1-2,4H2,(H2,12,14)/t7-,9+,10?,11+/m0/s1. The van der Waals surface area contributed by atoms with Crippen LogP contribution in [0.25, 0.3) is 0 Å². The molecular weight excluding hydrogens is 236 g/mol. The quantitative estimate of drug-likeness (QED) is 0.441. The van der Waals surface area contributed by atoms with Gasteiger partial charge in [-0.05, 0) is 5.57 Å². The van der Waals surface area contributed by atoms with Crippen LogP contribution in [0, 0.1) is 5.92 Å². The van der Waals surface area contributed by atoms with Crippen LogP contribution < -0.4 is 5.73 Å². The molecule has 0 bridgehead atoms. The van der Waals surface area contributed by atoms with Gasteiger partial charge in [0.2, 0.25) is 0 Å². The molecule has 1 heterocycles. The van der Waals surface area contributed by atoms with Crippen molar-refractivity contribution in [1.82, 2.24) is 5.01 Å². The van der Waals surface area contributed by atoms with E-state index < -0.39 is 24.2 Å². The maximum Gasteiger partial charge on any atom is 0.146 e. The fourth-order valence-corrected chi connectivity index (χ4v) is 2.26. The molecule has 7 heteroatoms. The highest BCUT2D eigenvalue weighted by Gasteiger charge is 2.47. The average Bonchev–Trinajstić information content (AvgIpc) is 2.52. The van der Waals surface area contributed by atoms with E-state index in [4.69, 9.17) is 5.73 Å². The Bertz CT molecular complexity index is 446. The predicted octanol–water partition coefficient (Wildman–Crippen LogP) is -1.62. The first kappa shape index (κ1) is 12.7. The SMILES string of the molecule is C=C1[C@@H](N2N=CC(N)=NC2=C)[C@@H](O)C(O)[C@H]1CO. The van der Waals surface area contributed by atoms with E-state index in [1.54, 1.807) is 0 Å². The van der Waals surface area contributed by atoms with E-state index in [0.717, 1.165) is 0 Å². The smallest absolute Gasteiger partial charge is 0.146 e. The van der Waals surface area contributed by atoms with Gasteiger partial charge in [-0.1, -0.05) is 13.2 Å². The maximum atomic E-state index is 10.0. The summed E-state index contributed by atoms with van der Waals surface area (Å²) < 4.78 is 0. The van der Waals surface area contributed by atoms with Gasteiger partial charge in [-0.2, -0.15) is 5.10 Å². The number of aliphatic hydroxyl groups is 3. The number of nitrogens with zero attached hydrogens (tertiary/aromatic N) is 3. The molecule has 5 N–H and O–H groups in total. The highest BCUT2D eigenvalue weighted by Crippen LogP contribution is 2.36. The van der Waals surface area contributed by atoms with E-state index in [2.05, 4.69) is 23.3 Å². The summed E-state index contributed by atoms with van der Waals surface area (Å²) in [6, 6.07) is -0.669. The number of hydrogen-bond acceptors (Lipinski definition) is 7. The molecule has 0 aromatic heterocycles. The molecular formula is C11H16N4O3. The van der Waals surface area contributed by atoms with Gasteiger partial charge in [-0.15, -0.1) is 0 Å². The zero-order chi connectivity index (χ0) is 13.4. The zero-order valence-electron chi connectivity index (χ0n) is 9.77. The molecule has 1 aliphatic carbocycles. The number of rotatable bonds is 2. The summed E-state index contributed by atoms with van der Waals surface area (Å²) in [7, 11) is 0. The minimum absolute atomic E-state index is 0.216. The van der Waals surface area contributed by atoms with Crippen LogP contribution >= 0.6 is 0 Å². The molecule has 98 valence electrons. The van der Waals surface area contributed by atoms with E-state index in [0.29, 0.717) is 5.57 Å². The van der Waals surface area contributed by atoms with Gasteiger partial charge in [0.05, 0.1) is 18.9 Å². The van der Waals surface area contributed by atoms with E-state index in [1.807, 2.05) is 0 Å². The number of hydrogen-bond donors (Lipinski definition) is 4.